The highest BCUT2D eigenvalue weighted by Crippen LogP contribution is 2.19. The van der Waals surface area contributed by atoms with Gasteiger partial charge in [0.25, 0.3) is 0 Å². The van der Waals surface area contributed by atoms with Gasteiger partial charge in [0.2, 0.25) is 5.95 Å². The zero-order valence-electron chi connectivity index (χ0n) is 13.1. The third-order valence-corrected chi connectivity index (χ3v) is 3.16. The van der Waals surface area contributed by atoms with Crippen LogP contribution in [-0.2, 0) is 6.54 Å². The Hall–Kier alpha value is -3.03. The molecule has 1 heterocycles. The summed E-state index contributed by atoms with van der Waals surface area (Å²) in [5, 5.41) is 11.1. The molecule has 8 heteroatoms. The Morgan fingerprint density at radius 3 is 2.57 bits per heavy atom. The molecule has 120 valence electrons. The van der Waals surface area contributed by atoms with E-state index in [1.54, 1.807) is 23.6 Å². The van der Waals surface area contributed by atoms with Gasteiger partial charge in [-0.3, -0.25) is 14.9 Å². The average molecular weight is 315 g/mol. The average Bonchev–Trinajstić information content (AvgIpc) is 2.49. The third kappa shape index (κ3) is 3.79. The Bertz CT molecular complexity index is 797. The Morgan fingerprint density at radius 1 is 1.35 bits per heavy atom. The summed E-state index contributed by atoms with van der Waals surface area (Å²) in [4.78, 5) is 31.9. The van der Waals surface area contributed by atoms with Crippen molar-refractivity contribution in [3.05, 3.63) is 62.1 Å². The third-order valence-electron chi connectivity index (χ3n) is 3.16. The normalized spacial score (nSPS) is 10.9. The van der Waals surface area contributed by atoms with Crippen molar-refractivity contribution in [1.82, 2.24) is 14.5 Å². The second-order valence-electron chi connectivity index (χ2n) is 5.19. The van der Waals surface area contributed by atoms with Gasteiger partial charge in [-0.05, 0) is 12.5 Å². The number of nitro groups is 1. The number of aromatic nitrogens is 2. The smallest absolute Gasteiger partial charge is 0.354 e. The van der Waals surface area contributed by atoms with E-state index in [9.17, 15) is 14.9 Å². The fourth-order valence-electron chi connectivity index (χ4n) is 2.07. The van der Waals surface area contributed by atoms with Crippen molar-refractivity contribution in [1.29, 1.82) is 0 Å². The molecular formula is C15H17N5O3. The van der Waals surface area contributed by atoms with E-state index in [-0.39, 0.29) is 11.6 Å². The van der Waals surface area contributed by atoms with Crippen LogP contribution in [0.3, 0.4) is 0 Å². The van der Waals surface area contributed by atoms with Gasteiger partial charge >= 0.3 is 11.2 Å². The van der Waals surface area contributed by atoms with Crippen molar-refractivity contribution in [3.8, 4) is 0 Å². The highest BCUT2D eigenvalue weighted by Gasteiger charge is 2.22. The summed E-state index contributed by atoms with van der Waals surface area (Å²) in [5.74, 6) is 0.135. The first-order chi connectivity index (χ1) is 10.9. The molecule has 0 unspecified atom stereocenters. The minimum Gasteiger partial charge on any atom is -0.369 e. The van der Waals surface area contributed by atoms with Gasteiger partial charge in [-0.2, -0.15) is 4.98 Å². The van der Waals surface area contributed by atoms with E-state index in [4.69, 9.17) is 0 Å². The van der Waals surface area contributed by atoms with Gasteiger partial charge in [-0.25, -0.2) is 4.99 Å². The fourth-order valence-corrected chi connectivity index (χ4v) is 2.07. The van der Waals surface area contributed by atoms with Crippen molar-refractivity contribution in [2.75, 3.05) is 14.1 Å². The lowest BCUT2D eigenvalue weighted by molar-refractivity contribution is -0.387. The van der Waals surface area contributed by atoms with Crippen molar-refractivity contribution in [2.24, 2.45) is 4.99 Å². The molecule has 23 heavy (non-hydrogen) atoms. The van der Waals surface area contributed by atoms with E-state index < -0.39 is 16.2 Å². The summed E-state index contributed by atoms with van der Waals surface area (Å²) in [6.07, 6.45) is 1.49. The molecule has 0 aliphatic rings. The molecule has 2 rings (SSSR count). The molecule has 0 aliphatic heterocycles. The maximum absolute atomic E-state index is 11.9. The monoisotopic (exact) mass is 315 g/mol. The van der Waals surface area contributed by atoms with Gasteiger partial charge in [0.1, 0.15) is 5.69 Å². The molecular weight excluding hydrogens is 298 g/mol. The van der Waals surface area contributed by atoms with Crippen LogP contribution in [0.1, 0.15) is 11.3 Å². The van der Waals surface area contributed by atoms with E-state index in [1.165, 1.54) is 13.3 Å². The first-order valence-electron chi connectivity index (χ1n) is 6.90. The second kappa shape index (κ2) is 6.82. The molecule has 0 fully saturated rings. The van der Waals surface area contributed by atoms with E-state index in [0.717, 1.165) is 5.56 Å². The van der Waals surface area contributed by atoms with Crippen LogP contribution < -0.4 is 5.56 Å². The zero-order chi connectivity index (χ0) is 17.0. The Morgan fingerprint density at radius 2 is 2.00 bits per heavy atom. The molecule has 0 radical (unpaired) electrons. The van der Waals surface area contributed by atoms with Gasteiger partial charge < -0.3 is 9.47 Å². The molecule has 1 aromatic carbocycles. The van der Waals surface area contributed by atoms with Crippen LogP contribution in [0.15, 0.2) is 40.1 Å². The van der Waals surface area contributed by atoms with Crippen molar-refractivity contribution >= 4 is 18.0 Å². The molecule has 1 aromatic heterocycles. The van der Waals surface area contributed by atoms with Crippen molar-refractivity contribution in [3.63, 3.8) is 0 Å². The molecule has 0 amide bonds. The highest BCUT2D eigenvalue weighted by atomic mass is 16.6. The van der Waals surface area contributed by atoms with Crippen LogP contribution in [0, 0.1) is 17.0 Å². The zero-order valence-corrected chi connectivity index (χ0v) is 13.1. The molecule has 8 nitrogen and oxygen atoms in total. The topological polar surface area (TPSA) is 93.6 Å². The Kier molecular flexibility index (Phi) is 4.85. The minimum atomic E-state index is -0.886. The molecule has 2 aromatic rings. The molecule has 0 saturated carbocycles. The summed E-state index contributed by atoms with van der Waals surface area (Å²) in [6, 6.07) is 9.41. The van der Waals surface area contributed by atoms with Crippen LogP contribution >= 0.6 is 0 Å². The van der Waals surface area contributed by atoms with Crippen LogP contribution in [0.5, 0.6) is 0 Å². The van der Waals surface area contributed by atoms with Crippen molar-refractivity contribution < 1.29 is 4.92 Å². The summed E-state index contributed by atoms with van der Waals surface area (Å²) in [5.41, 5.74) is -0.256. The number of aliphatic imine (C=N–C) groups is 1. The predicted octanol–water partition coefficient (Wildman–Crippen LogP) is 1.73. The molecule has 0 saturated heterocycles. The number of hydrogen-bond acceptors (Lipinski definition) is 5. The van der Waals surface area contributed by atoms with Gasteiger partial charge in [0, 0.05) is 14.1 Å². The molecule has 0 spiro atoms. The lowest BCUT2D eigenvalue weighted by Gasteiger charge is -2.13. The predicted molar refractivity (Wildman–Crippen MR) is 87.3 cm³/mol. The number of hydrogen-bond donors (Lipinski definition) is 0. The van der Waals surface area contributed by atoms with Crippen LogP contribution in [0.25, 0.3) is 0 Å². The van der Waals surface area contributed by atoms with Crippen molar-refractivity contribution in [2.45, 2.75) is 13.5 Å². The summed E-state index contributed by atoms with van der Waals surface area (Å²) < 4.78 is 1.56. The van der Waals surface area contributed by atoms with E-state index >= 15 is 0 Å². The van der Waals surface area contributed by atoms with Gasteiger partial charge in [-0.1, -0.05) is 30.3 Å². The maximum atomic E-state index is 11.9. The summed E-state index contributed by atoms with van der Waals surface area (Å²) in [7, 11) is 3.56. The number of benzene rings is 1. The van der Waals surface area contributed by atoms with Gasteiger partial charge in [0.15, 0.2) is 0 Å². The first kappa shape index (κ1) is 16.3. The van der Waals surface area contributed by atoms with E-state index in [1.807, 2.05) is 30.3 Å². The molecule has 0 N–H and O–H groups in total. The van der Waals surface area contributed by atoms with Crippen LogP contribution in [-0.4, -0.2) is 39.8 Å². The van der Waals surface area contributed by atoms with E-state index in [2.05, 4.69) is 9.98 Å². The largest absolute Gasteiger partial charge is 0.369 e. The molecule has 0 atom stereocenters. The standard InChI is InChI=1S/C15H17N5O3/c1-11-13(20(22)23)14(21)17-15(16-10-18(2)3)19(11)9-12-7-5-4-6-8-12/h4-8,10H,9H2,1-3H3. The number of rotatable bonds is 5. The first-order valence-corrected chi connectivity index (χ1v) is 6.90. The lowest BCUT2D eigenvalue weighted by atomic mass is 10.2. The minimum absolute atomic E-state index is 0.135. The second-order valence-corrected chi connectivity index (χ2v) is 5.19. The SMILES string of the molecule is Cc1c([N+](=O)[O-])c(=O)nc(N=CN(C)C)n1Cc1ccccc1. The van der Waals surface area contributed by atoms with E-state index in [0.29, 0.717) is 6.54 Å². The molecule has 0 aliphatic carbocycles. The Labute approximate surface area is 132 Å². The summed E-state index contributed by atoms with van der Waals surface area (Å²) >= 11 is 0. The van der Waals surface area contributed by atoms with Crippen LogP contribution in [0.2, 0.25) is 0 Å². The molecule has 0 bridgehead atoms. The quantitative estimate of drug-likeness (QED) is 0.362. The van der Waals surface area contributed by atoms with Gasteiger partial charge in [0.05, 0.1) is 17.8 Å². The fraction of sp³-hybridized carbons (Fsp3) is 0.267. The van der Waals surface area contributed by atoms with Gasteiger partial charge in [-0.15, -0.1) is 0 Å². The van der Waals surface area contributed by atoms with Crippen LogP contribution in [0.4, 0.5) is 11.6 Å². The number of nitrogens with zero attached hydrogens (tertiary/aromatic N) is 5. The summed E-state index contributed by atoms with van der Waals surface area (Å²) in [6.45, 7) is 1.86. The Balaban J connectivity index is 2.61. The maximum Gasteiger partial charge on any atom is 0.354 e. The highest BCUT2D eigenvalue weighted by molar-refractivity contribution is 5.58. The lowest BCUT2D eigenvalue weighted by Crippen LogP contribution is -2.20.